The van der Waals surface area contributed by atoms with Gasteiger partial charge in [0.15, 0.2) is 0 Å². The maximum atomic E-state index is 15.0. The van der Waals surface area contributed by atoms with Crippen molar-refractivity contribution in [3.63, 3.8) is 0 Å². The van der Waals surface area contributed by atoms with Gasteiger partial charge in [-0.15, -0.1) is 0 Å². The minimum Gasteiger partial charge on any atom is -0.329 e. The molecule has 4 aromatic rings. The molecule has 1 N–H and O–H groups in total. The Bertz CT molecular complexity index is 1290. The van der Waals surface area contributed by atoms with E-state index < -0.39 is 5.82 Å². The predicted molar refractivity (Wildman–Crippen MR) is 129 cm³/mol. The summed E-state index contributed by atoms with van der Waals surface area (Å²) >= 11 is 5.99. The monoisotopic (exact) mass is 466 g/mol. The van der Waals surface area contributed by atoms with E-state index in [4.69, 9.17) is 16.6 Å². The fourth-order valence-corrected chi connectivity index (χ4v) is 4.92. The van der Waals surface area contributed by atoms with E-state index in [0.29, 0.717) is 23.2 Å². The quantitative estimate of drug-likeness (QED) is 0.325. The lowest BCUT2D eigenvalue weighted by molar-refractivity contribution is 0.360. The standard InChI is InChI=1S/C26H25ClF2N4/c1-2-16-8-9-21(24(29)10-16)23-15-33(20-6-4-3-5-7-20)25-22(23)14-30-26(32-25)31-19-12-17(27)11-18(28)13-19/h8-15,20H,2-7H2,1H3,(H,30,31,32). The van der Waals surface area contributed by atoms with Gasteiger partial charge in [-0.25, -0.2) is 13.8 Å². The predicted octanol–water partition coefficient (Wildman–Crippen LogP) is 7.84. The number of rotatable bonds is 5. The van der Waals surface area contributed by atoms with Crippen molar-refractivity contribution in [1.29, 1.82) is 0 Å². The molecule has 0 radical (unpaired) electrons. The minimum absolute atomic E-state index is 0.242. The molecule has 1 fully saturated rings. The highest BCUT2D eigenvalue weighted by molar-refractivity contribution is 6.30. The van der Waals surface area contributed by atoms with Crippen molar-refractivity contribution in [2.45, 2.75) is 51.5 Å². The second-order valence-electron chi connectivity index (χ2n) is 8.62. The summed E-state index contributed by atoms with van der Waals surface area (Å²) in [6, 6.07) is 9.92. The van der Waals surface area contributed by atoms with Crippen LogP contribution in [0.1, 0.15) is 50.6 Å². The van der Waals surface area contributed by atoms with Gasteiger partial charge in [0.25, 0.3) is 0 Å². The molecule has 170 valence electrons. The molecule has 0 aliphatic heterocycles. The van der Waals surface area contributed by atoms with Crippen molar-refractivity contribution in [2.75, 3.05) is 5.32 Å². The highest BCUT2D eigenvalue weighted by Crippen LogP contribution is 2.37. The summed E-state index contributed by atoms with van der Waals surface area (Å²) in [5, 5.41) is 4.14. The fourth-order valence-electron chi connectivity index (χ4n) is 4.69. The fraction of sp³-hybridized carbons (Fsp3) is 0.308. The molecule has 2 aromatic heterocycles. The lowest BCUT2D eigenvalue weighted by atomic mass is 9.95. The highest BCUT2D eigenvalue weighted by atomic mass is 35.5. The molecule has 0 bridgehead atoms. The average Bonchev–Trinajstić information content (AvgIpc) is 3.17. The lowest BCUT2D eigenvalue weighted by Gasteiger charge is -2.23. The molecule has 5 rings (SSSR count). The van der Waals surface area contributed by atoms with Crippen molar-refractivity contribution in [2.24, 2.45) is 0 Å². The normalized spacial score (nSPS) is 14.7. The van der Waals surface area contributed by atoms with Crippen LogP contribution in [0.5, 0.6) is 0 Å². The van der Waals surface area contributed by atoms with Crippen LogP contribution in [0.15, 0.2) is 48.8 Å². The minimum atomic E-state index is -0.440. The summed E-state index contributed by atoms with van der Waals surface area (Å²) in [5.74, 6) is -0.341. The first-order valence-electron chi connectivity index (χ1n) is 11.4. The third-order valence-electron chi connectivity index (χ3n) is 6.39. The number of anilines is 2. The summed E-state index contributed by atoms with van der Waals surface area (Å²) in [4.78, 5) is 9.21. The number of aromatic nitrogens is 3. The number of hydrogen-bond donors (Lipinski definition) is 1. The first kappa shape index (κ1) is 21.8. The van der Waals surface area contributed by atoms with Gasteiger partial charge >= 0.3 is 0 Å². The zero-order valence-electron chi connectivity index (χ0n) is 18.4. The molecule has 33 heavy (non-hydrogen) atoms. The lowest BCUT2D eigenvalue weighted by Crippen LogP contribution is -2.12. The van der Waals surface area contributed by atoms with E-state index >= 15 is 4.39 Å². The number of benzene rings is 2. The summed E-state index contributed by atoms with van der Waals surface area (Å²) in [7, 11) is 0. The van der Waals surface area contributed by atoms with E-state index in [1.54, 1.807) is 18.3 Å². The van der Waals surface area contributed by atoms with E-state index in [1.807, 2.05) is 25.3 Å². The Labute approximate surface area is 196 Å². The smallest absolute Gasteiger partial charge is 0.229 e. The van der Waals surface area contributed by atoms with Gasteiger partial charge in [-0.1, -0.05) is 49.9 Å². The molecule has 1 aliphatic rings. The number of nitrogens with one attached hydrogen (secondary N) is 1. The molecule has 2 heterocycles. The molecule has 1 saturated carbocycles. The average molecular weight is 467 g/mol. The molecule has 4 nitrogen and oxygen atoms in total. The van der Waals surface area contributed by atoms with Crippen LogP contribution in [0.4, 0.5) is 20.4 Å². The largest absolute Gasteiger partial charge is 0.329 e. The van der Waals surface area contributed by atoms with Crippen LogP contribution in [0.3, 0.4) is 0 Å². The van der Waals surface area contributed by atoms with Gasteiger partial charge < -0.3 is 9.88 Å². The van der Waals surface area contributed by atoms with E-state index in [2.05, 4.69) is 14.9 Å². The third kappa shape index (κ3) is 4.44. The van der Waals surface area contributed by atoms with Crippen LogP contribution in [-0.4, -0.2) is 14.5 Å². The molecule has 2 aromatic carbocycles. The van der Waals surface area contributed by atoms with E-state index in [0.717, 1.165) is 54.3 Å². The van der Waals surface area contributed by atoms with Crippen molar-refractivity contribution >= 4 is 34.3 Å². The van der Waals surface area contributed by atoms with Crippen LogP contribution in [-0.2, 0) is 6.42 Å². The number of fused-ring (bicyclic) bond motifs is 1. The summed E-state index contributed by atoms with van der Waals surface area (Å²) < 4.78 is 31.0. The highest BCUT2D eigenvalue weighted by Gasteiger charge is 2.22. The SMILES string of the molecule is CCc1ccc(-c2cn(C3CCCCC3)c3nc(Nc4cc(F)cc(Cl)c4)ncc23)c(F)c1. The topological polar surface area (TPSA) is 42.7 Å². The zero-order valence-corrected chi connectivity index (χ0v) is 19.2. The second kappa shape index (κ2) is 9.10. The second-order valence-corrected chi connectivity index (χ2v) is 9.06. The van der Waals surface area contributed by atoms with E-state index in [9.17, 15) is 4.39 Å². The summed E-state index contributed by atoms with van der Waals surface area (Å²) in [6.45, 7) is 2.01. The van der Waals surface area contributed by atoms with Gasteiger partial charge in [0.2, 0.25) is 5.95 Å². The Morgan fingerprint density at radius 1 is 1.06 bits per heavy atom. The summed E-state index contributed by atoms with van der Waals surface area (Å²) in [5.41, 5.74) is 3.51. The summed E-state index contributed by atoms with van der Waals surface area (Å²) in [6.07, 6.45) is 10.2. The molecule has 0 saturated heterocycles. The van der Waals surface area contributed by atoms with Crippen LogP contribution < -0.4 is 5.32 Å². The van der Waals surface area contributed by atoms with Crippen molar-refractivity contribution in [3.8, 4) is 11.1 Å². The maximum Gasteiger partial charge on any atom is 0.229 e. The van der Waals surface area contributed by atoms with Crippen molar-refractivity contribution in [3.05, 3.63) is 71.0 Å². The number of aryl methyl sites for hydroxylation is 1. The zero-order chi connectivity index (χ0) is 22.9. The molecule has 0 atom stereocenters. The third-order valence-corrected chi connectivity index (χ3v) is 6.61. The Morgan fingerprint density at radius 3 is 2.61 bits per heavy atom. The molecule has 7 heteroatoms. The van der Waals surface area contributed by atoms with Crippen LogP contribution >= 0.6 is 11.6 Å². The molecular weight excluding hydrogens is 442 g/mol. The van der Waals surface area contributed by atoms with Gasteiger partial charge in [-0.05, 0) is 49.1 Å². The van der Waals surface area contributed by atoms with Crippen LogP contribution in [0.25, 0.3) is 22.2 Å². The van der Waals surface area contributed by atoms with Gasteiger partial charge in [0.1, 0.15) is 17.3 Å². The van der Waals surface area contributed by atoms with Crippen LogP contribution in [0.2, 0.25) is 5.02 Å². The number of hydrogen-bond acceptors (Lipinski definition) is 3. The number of nitrogens with zero attached hydrogens (tertiary/aromatic N) is 3. The van der Waals surface area contributed by atoms with Crippen molar-refractivity contribution in [1.82, 2.24) is 14.5 Å². The maximum absolute atomic E-state index is 15.0. The molecule has 1 aliphatic carbocycles. The first-order valence-corrected chi connectivity index (χ1v) is 11.8. The van der Waals surface area contributed by atoms with Gasteiger partial charge in [0.05, 0.1) is 0 Å². The van der Waals surface area contributed by atoms with Gasteiger partial charge in [-0.2, -0.15) is 4.98 Å². The molecule has 0 unspecified atom stereocenters. The first-order chi connectivity index (χ1) is 16.0. The van der Waals surface area contributed by atoms with Gasteiger partial charge in [0, 0.05) is 45.7 Å². The number of halogens is 3. The Balaban J connectivity index is 1.61. The Kier molecular flexibility index (Phi) is 6.02. The Morgan fingerprint density at radius 2 is 1.88 bits per heavy atom. The van der Waals surface area contributed by atoms with Crippen molar-refractivity contribution < 1.29 is 8.78 Å². The van der Waals surface area contributed by atoms with E-state index in [1.165, 1.54) is 18.6 Å². The Hall–Kier alpha value is -2.99. The molecular formula is C26H25ClF2N4. The molecule has 0 spiro atoms. The van der Waals surface area contributed by atoms with Gasteiger partial charge in [-0.3, -0.25) is 0 Å². The molecule has 0 amide bonds. The van der Waals surface area contributed by atoms with Crippen LogP contribution in [0, 0.1) is 11.6 Å². The van der Waals surface area contributed by atoms with E-state index in [-0.39, 0.29) is 10.8 Å².